The third kappa shape index (κ3) is 3.50. The van der Waals surface area contributed by atoms with E-state index < -0.39 is 12.0 Å². The van der Waals surface area contributed by atoms with Crippen molar-refractivity contribution in [1.29, 1.82) is 0 Å². The second-order valence-electron chi connectivity index (χ2n) is 3.05. The lowest BCUT2D eigenvalue weighted by Crippen LogP contribution is -2.42. The predicted molar refractivity (Wildman–Crippen MR) is 51.4 cm³/mol. The standard InChI is InChI=1S/C8H15NO3.ClH/c1-12-6-7(8(10)11)9-4-2-3-5-9;/h7H,2-6H2,1H3,(H,10,11);1H. The van der Waals surface area contributed by atoms with Gasteiger partial charge in [0.25, 0.3) is 0 Å². The highest BCUT2D eigenvalue weighted by Gasteiger charge is 2.27. The van der Waals surface area contributed by atoms with E-state index in [0.29, 0.717) is 0 Å². The van der Waals surface area contributed by atoms with Crippen molar-refractivity contribution in [3.63, 3.8) is 0 Å². The van der Waals surface area contributed by atoms with E-state index in [2.05, 4.69) is 0 Å². The third-order valence-corrected chi connectivity index (χ3v) is 2.19. The minimum absolute atomic E-state index is 0. The van der Waals surface area contributed by atoms with Crippen molar-refractivity contribution in [1.82, 2.24) is 4.90 Å². The van der Waals surface area contributed by atoms with Crippen LogP contribution in [-0.2, 0) is 9.53 Å². The summed E-state index contributed by atoms with van der Waals surface area (Å²) in [6.07, 6.45) is 2.21. The summed E-state index contributed by atoms with van der Waals surface area (Å²) in [5, 5.41) is 8.84. The Hall–Kier alpha value is -0.320. The van der Waals surface area contributed by atoms with E-state index in [1.54, 1.807) is 0 Å². The van der Waals surface area contributed by atoms with Crippen molar-refractivity contribution in [2.75, 3.05) is 26.8 Å². The van der Waals surface area contributed by atoms with Gasteiger partial charge in [0.1, 0.15) is 6.04 Å². The molecule has 1 aliphatic rings. The summed E-state index contributed by atoms with van der Waals surface area (Å²) in [6.45, 7) is 2.07. The maximum absolute atomic E-state index is 10.8. The molecule has 13 heavy (non-hydrogen) atoms. The van der Waals surface area contributed by atoms with Crippen LogP contribution in [0.25, 0.3) is 0 Å². The van der Waals surface area contributed by atoms with Crippen molar-refractivity contribution < 1.29 is 14.6 Å². The molecular weight excluding hydrogens is 194 g/mol. The molecule has 1 rings (SSSR count). The van der Waals surface area contributed by atoms with E-state index in [9.17, 15) is 4.79 Å². The van der Waals surface area contributed by atoms with Gasteiger partial charge < -0.3 is 9.84 Å². The molecule has 78 valence electrons. The van der Waals surface area contributed by atoms with Gasteiger partial charge in [-0.1, -0.05) is 0 Å². The second-order valence-corrected chi connectivity index (χ2v) is 3.05. The first-order valence-corrected chi connectivity index (χ1v) is 4.21. The van der Waals surface area contributed by atoms with Gasteiger partial charge in [-0.2, -0.15) is 0 Å². The molecule has 1 unspecified atom stereocenters. The number of hydrogen-bond donors (Lipinski definition) is 1. The molecule has 1 heterocycles. The molecule has 0 aliphatic carbocycles. The normalized spacial score (nSPS) is 19.5. The molecule has 1 saturated heterocycles. The number of halogens is 1. The first kappa shape index (κ1) is 12.7. The Kier molecular flexibility index (Phi) is 6.03. The molecule has 0 aromatic rings. The molecule has 1 N–H and O–H groups in total. The highest BCUT2D eigenvalue weighted by atomic mass is 35.5. The Balaban J connectivity index is 0.00000144. The van der Waals surface area contributed by atoms with Crippen LogP contribution in [-0.4, -0.2) is 48.8 Å². The summed E-state index contributed by atoms with van der Waals surface area (Å²) >= 11 is 0. The smallest absolute Gasteiger partial charge is 0.323 e. The monoisotopic (exact) mass is 209 g/mol. The zero-order valence-corrected chi connectivity index (χ0v) is 8.55. The molecule has 5 heteroatoms. The summed E-state index contributed by atoms with van der Waals surface area (Å²) in [4.78, 5) is 12.7. The molecular formula is C8H16ClNO3. The van der Waals surface area contributed by atoms with E-state index in [0.717, 1.165) is 25.9 Å². The Morgan fingerprint density at radius 1 is 1.54 bits per heavy atom. The minimum atomic E-state index is -0.779. The third-order valence-electron chi connectivity index (χ3n) is 2.19. The summed E-state index contributed by atoms with van der Waals surface area (Å²) in [7, 11) is 1.53. The highest BCUT2D eigenvalue weighted by molar-refractivity contribution is 5.85. The van der Waals surface area contributed by atoms with E-state index in [4.69, 9.17) is 9.84 Å². The van der Waals surface area contributed by atoms with Crippen LogP contribution >= 0.6 is 12.4 Å². The number of aliphatic carboxylic acids is 1. The first-order chi connectivity index (χ1) is 5.75. The second kappa shape index (κ2) is 6.18. The lowest BCUT2D eigenvalue weighted by Gasteiger charge is -2.22. The topological polar surface area (TPSA) is 49.8 Å². The molecule has 0 spiro atoms. The predicted octanol–water partition coefficient (Wildman–Crippen LogP) is 0.604. The van der Waals surface area contributed by atoms with Crippen molar-refractivity contribution in [2.45, 2.75) is 18.9 Å². The molecule has 1 aliphatic heterocycles. The first-order valence-electron chi connectivity index (χ1n) is 4.21. The van der Waals surface area contributed by atoms with Crippen LogP contribution in [0.1, 0.15) is 12.8 Å². The molecule has 0 saturated carbocycles. The quantitative estimate of drug-likeness (QED) is 0.737. The Bertz CT molecular complexity index is 159. The van der Waals surface area contributed by atoms with Crippen LogP contribution in [0.3, 0.4) is 0 Å². The van der Waals surface area contributed by atoms with E-state index in [1.165, 1.54) is 7.11 Å². The number of carboxylic acid groups (broad SMARTS) is 1. The molecule has 0 aromatic heterocycles. The minimum Gasteiger partial charge on any atom is -0.480 e. The summed E-state index contributed by atoms with van der Waals surface area (Å²) in [5.41, 5.74) is 0. The number of carboxylic acids is 1. The number of rotatable bonds is 4. The van der Waals surface area contributed by atoms with Gasteiger partial charge in [0.05, 0.1) is 6.61 Å². The Morgan fingerprint density at radius 3 is 2.46 bits per heavy atom. The zero-order chi connectivity index (χ0) is 8.97. The summed E-state index contributed by atoms with van der Waals surface area (Å²) in [6, 6.07) is -0.447. The van der Waals surface area contributed by atoms with Crippen LogP contribution in [0.4, 0.5) is 0 Å². The lowest BCUT2D eigenvalue weighted by atomic mass is 10.3. The number of ether oxygens (including phenoxy) is 1. The lowest BCUT2D eigenvalue weighted by molar-refractivity contribution is -0.144. The zero-order valence-electron chi connectivity index (χ0n) is 7.73. The van der Waals surface area contributed by atoms with Gasteiger partial charge in [-0.25, -0.2) is 0 Å². The van der Waals surface area contributed by atoms with E-state index in [1.807, 2.05) is 4.90 Å². The van der Waals surface area contributed by atoms with E-state index in [-0.39, 0.29) is 19.0 Å². The average molecular weight is 210 g/mol. The highest BCUT2D eigenvalue weighted by Crippen LogP contribution is 2.11. The van der Waals surface area contributed by atoms with Gasteiger partial charge in [0, 0.05) is 7.11 Å². The van der Waals surface area contributed by atoms with Crippen molar-refractivity contribution in [2.24, 2.45) is 0 Å². The van der Waals surface area contributed by atoms with Crippen molar-refractivity contribution >= 4 is 18.4 Å². The molecule has 0 aromatic carbocycles. The maximum atomic E-state index is 10.8. The van der Waals surface area contributed by atoms with Gasteiger partial charge in [0.2, 0.25) is 0 Å². The fraction of sp³-hybridized carbons (Fsp3) is 0.875. The van der Waals surface area contributed by atoms with Gasteiger partial charge in [0.15, 0.2) is 0 Å². The molecule has 4 nitrogen and oxygen atoms in total. The maximum Gasteiger partial charge on any atom is 0.323 e. The summed E-state index contributed by atoms with van der Waals surface area (Å²) in [5.74, 6) is -0.779. The molecule has 0 radical (unpaired) electrons. The van der Waals surface area contributed by atoms with Gasteiger partial charge in [-0.15, -0.1) is 12.4 Å². The van der Waals surface area contributed by atoms with Crippen LogP contribution in [0, 0.1) is 0 Å². The molecule has 0 amide bonds. The number of methoxy groups -OCH3 is 1. The number of hydrogen-bond acceptors (Lipinski definition) is 3. The summed E-state index contributed by atoms with van der Waals surface area (Å²) < 4.78 is 4.86. The van der Waals surface area contributed by atoms with Crippen LogP contribution < -0.4 is 0 Å². The van der Waals surface area contributed by atoms with E-state index >= 15 is 0 Å². The number of nitrogens with zero attached hydrogens (tertiary/aromatic N) is 1. The average Bonchev–Trinajstić information content (AvgIpc) is 2.51. The molecule has 1 fully saturated rings. The van der Waals surface area contributed by atoms with Crippen molar-refractivity contribution in [3.05, 3.63) is 0 Å². The van der Waals surface area contributed by atoms with Gasteiger partial charge in [-0.3, -0.25) is 9.69 Å². The SMILES string of the molecule is COCC(C(=O)O)N1CCCC1.Cl. The molecule has 1 atom stereocenters. The van der Waals surface area contributed by atoms with Gasteiger partial charge in [-0.05, 0) is 25.9 Å². The van der Waals surface area contributed by atoms with Gasteiger partial charge >= 0.3 is 5.97 Å². The fourth-order valence-electron chi connectivity index (χ4n) is 1.54. The molecule has 0 bridgehead atoms. The fourth-order valence-corrected chi connectivity index (χ4v) is 1.54. The Labute approximate surface area is 84.3 Å². The number of likely N-dealkylation sites (tertiary alicyclic amines) is 1. The van der Waals surface area contributed by atoms with Crippen LogP contribution in [0.5, 0.6) is 0 Å². The Morgan fingerprint density at radius 2 is 2.08 bits per heavy atom. The largest absolute Gasteiger partial charge is 0.480 e. The van der Waals surface area contributed by atoms with Crippen LogP contribution in [0.2, 0.25) is 0 Å². The van der Waals surface area contributed by atoms with Crippen molar-refractivity contribution in [3.8, 4) is 0 Å². The van der Waals surface area contributed by atoms with Crippen LogP contribution in [0.15, 0.2) is 0 Å². The number of carbonyl (C=O) groups is 1.